The molecule has 0 bridgehead atoms. The van der Waals surface area contributed by atoms with Gasteiger partial charge in [0.25, 0.3) is 0 Å². The van der Waals surface area contributed by atoms with Crippen molar-refractivity contribution in [3.63, 3.8) is 0 Å². The number of nitrogens with one attached hydrogen (secondary N) is 1. The molecule has 0 aliphatic carbocycles. The van der Waals surface area contributed by atoms with E-state index in [1.54, 1.807) is 6.20 Å². The molecule has 0 aliphatic rings. The third-order valence-electron chi connectivity index (χ3n) is 4.71. The van der Waals surface area contributed by atoms with E-state index in [1.807, 2.05) is 31.2 Å². The number of benzene rings is 2. The van der Waals surface area contributed by atoms with Gasteiger partial charge in [0.1, 0.15) is 5.82 Å². The van der Waals surface area contributed by atoms with Crippen LogP contribution in [0, 0.1) is 11.6 Å². The van der Waals surface area contributed by atoms with Crippen molar-refractivity contribution >= 4 is 28.2 Å². The topological polar surface area (TPSA) is 48.4 Å². The van der Waals surface area contributed by atoms with E-state index in [0.717, 1.165) is 49.1 Å². The van der Waals surface area contributed by atoms with E-state index in [4.69, 9.17) is 11.6 Å². The summed E-state index contributed by atoms with van der Waals surface area (Å²) < 4.78 is 27.1. The van der Waals surface area contributed by atoms with E-state index >= 15 is 0 Å². The summed E-state index contributed by atoms with van der Waals surface area (Å²) in [6.07, 6.45) is 3.48. The maximum Gasteiger partial charge on any atom is 0.168 e. The fourth-order valence-corrected chi connectivity index (χ4v) is 3.53. The average Bonchev–Trinajstić information content (AvgIpc) is 2.68. The monoisotopic (exact) mass is 419 g/mol. The molecule has 0 unspecified atom stereocenters. The van der Waals surface area contributed by atoms with Crippen LogP contribution < -0.4 is 5.32 Å². The van der Waals surface area contributed by atoms with Crippen LogP contribution in [-0.4, -0.2) is 34.6 Å². The number of halogens is 3. The molecule has 3 aromatic rings. The number of aromatic hydroxyl groups is 1. The van der Waals surface area contributed by atoms with Gasteiger partial charge in [-0.15, -0.1) is 0 Å². The highest BCUT2D eigenvalue weighted by atomic mass is 35.5. The van der Waals surface area contributed by atoms with Gasteiger partial charge in [-0.3, -0.25) is 9.88 Å². The van der Waals surface area contributed by atoms with E-state index in [9.17, 15) is 13.9 Å². The van der Waals surface area contributed by atoms with E-state index in [0.29, 0.717) is 17.6 Å². The Morgan fingerprint density at radius 3 is 2.76 bits per heavy atom. The highest BCUT2D eigenvalue weighted by molar-refractivity contribution is 6.31. The van der Waals surface area contributed by atoms with Gasteiger partial charge >= 0.3 is 0 Å². The largest absolute Gasteiger partial charge is 0.505 e. The van der Waals surface area contributed by atoms with Gasteiger partial charge in [0.2, 0.25) is 0 Å². The third-order valence-corrected chi connectivity index (χ3v) is 4.95. The number of phenolic OH excluding ortho intramolecular Hbond substituents is 1. The molecule has 0 saturated heterocycles. The highest BCUT2D eigenvalue weighted by Gasteiger charge is 2.13. The molecule has 0 radical (unpaired) electrons. The molecule has 0 atom stereocenters. The Morgan fingerprint density at radius 2 is 1.97 bits per heavy atom. The van der Waals surface area contributed by atoms with Crippen molar-refractivity contribution in [2.75, 3.05) is 25.0 Å². The van der Waals surface area contributed by atoms with Crippen LogP contribution in [0.2, 0.25) is 5.02 Å². The second kappa shape index (κ2) is 9.85. The van der Waals surface area contributed by atoms with Crippen molar-refractivity contribution in [1.82, 2.24) is 9.88 Å². The Bertz CT molecular complexity index is 984. The first-order valence-electron chi connectivity index (χ1n) is 9.65. The van der Waals surface area contributed by atoms with Crippen molar-refractivity contribution in [2.45, 2.75) is 26.3 Å². The molecule has 0 saturated carbocycles. The van der Waals surface area contributed by atoms with E-state index < -0.39 is 17.4 Å². The van der Waals surface area contributed by atoms with Gasteiger partial charge in [-0.2, -0.15) is 0 Å². The zero-order chi connectivity index (χ0) is 20.8. The Morgan fingerprint density at radius 1 is 1.14 bits per heavy atom. The molecule has 0 aliphatic heterocycles. The molecule has 1 aromatic heterocycles. The van der Waals surface area contributed by atoms with Crippen molar-refractivity contribution in [3.05, 3.63) is 64.8 Å². The maximum atomic E-state index is 13.6. The molecule has 29 heavy (non-hydrogen) atoms. The lowest BCUT2D eigenvalue weighted by molar-refractivity contribution is 0.259. The van der Waals surface area contributed by atoms with E-state index in [2.05, 4.69) is 15.2 Å². The first kappa shape index (κ1) is 21.3. The zero-order valence-electron chi connectivity index (χ0n) is 16.3. The second-order valence-corrected chi connectivity index (χ2v) is 7.41. The number of anilines is 1. The Hall–Kier alpha value is -2.44. The zero-order valence-corrected chi connectivity index (χ0v) is 17.0. The second-order valence-electron chi connectivity index (χ2n) is 6.97. The van der Waals surface area contributed by atoms with Gasteiger partial charge in [0.15, 0.2) is 11.6 Å². The lowest BCUT2D eigenvalue weighted by Gasteiger charge is -2.22. The molecule has 7 heteroatoms. The van der Waals surface area contributed by atoms with Gasteiger partial charge in [-0.25, -0.2) is 8.78 Å². The third kappa shape index (κ3) is 5.55. The molecular weight excluding hydrogens is 396 g/mol. The summed E-state index contributed by atoms with van der Waals surface area (Å²) in [5.74, 6) is -2.09. The molecule has 2 N–H and O–H groups in total. The molecular formula is C22H24ClF2N3O. The van der Waals surface area contributed by atoms with Gasteiger partial charge in [0.05, 0.1) is 5.52 Å². The number of rotatable bonds is 9. The van der Waals surface area contributed by atoms with E-state index in [1.165, 1.54) is 6.07 Å². The van der Waals surface area contributed by atoms with Crippen LogP contribution in [0.15, 0.2) is 42.6 Å². The van der Waals surface area contributed by atoms with Gasteiger partial charge < -0.3 is 10.4 Å². The number of pyridine rings is 1. The van der Waals surface area contributed by atoms with Crippen molar-refractivity contribution < 1.29 is 13.9 Å². The van der Waals surface area contributed by atoms with Crippen LogP contribution >= 0.6 is 11.6 Å². The fraction of sp³-hybridized carbons (Fsp3) is 0.318. The SMILES string of the molecule is CCCN(CCCNc1ccnc2cc(Cl)ccc12)Cc1cc(F)cc(F)c1O. The normalized spacial score (nSPS) is 11.3. The fourth-order valence-electron chi connectivity index (χ4n) is 3.37. The number of phenols is 1. The van der Waals surface area contributed by atoms with Crippen molar-refractivity contribution in [2.24, 2.45) is 0 Å². The van der Waals surface area contributed by atoms with E-state index in [-0.39, 0.29) is 5.56 Å². The number of hydrogen-bond acceptors (Lipinski definition) is 4. The molecule has 4 nitrogen and oxygen atoms in total. The average molecular weight is 420 g/mol. The molecule has 0 spiro atoms. The van der Waals surface area contributed by atoms with Gasteiger partial charge in [-0.05, 0) is 49.7 Å². The summed E-state index contributed by atoms with van der Waals surface area (Å²) in [7, 11) is 0. The highest BCUT2D eigenvalue weighted by Crippen LogP contribution is 2.25. The van der Waals surface area contributed by atoms with Gasteiger partial charge in [-0.1, -0.05) is 18.5 Å². The minimum atomic E-state index is -0.928. The first-order valence-corrected chi connectivity index (χ1v) is 10.0. The lowest BCUT2D eigenvalue weighted by Crippen LogP contribution is -2.27. The quantitative estimate of drug-likeness (QED) is 0.444. The lowest BCUT2D eigenvalue weighted by atomic mass is 10.1. The summed E-state index contributed by atoms with van der Waals surface area (Å²) in [6.45, 7) is 4.57. The molecule has 1 heterocycles. The predicted octanol–water partition coefficient (Wildman–Crippen LogP) is 5.59. The van der Waals surface area contributed by atoms with Crippen LogP contribution in [0.1, 0.15) is 25.3 Å². The Labute approximate surface area is 174 Å². The maximum absolute atomic E-state index is 13.6. The molecule has 0 fully saturated rings. The Balaban J connectivity index is 1.59. The predicted molar refractivity (Wildman–Crippen MR) is 113 cm³/mol. The van der Waals surface area contributed by atoms with Crippen LogP contribution in [0.5, 0.6) is 5.75 Å². The molecule has 0 amide bonds. The standard InChI is InChI=1S/C22H24ClF2N3O/c1-2-9-28(14-15-11-17(24)13-19(25)22(15)29)10-3-7-26-20-6-8-27-21-12-16(23)4-5-18(20)21/h4-6,8,11-13,29H,2-3,7,9-10,14H2,1H3,(H,26,27). The number of fused-ring (bicyclic) bond motifs is 1. The summed E-state index contributed by atoms with van der Waals surface area (Å²) in [4.78, 5) is 6.42. The van der Waals surface area contributed by atoms with Crippen LogP contribution in [0.25, 0.3) is 10.9 Å². The minimum Gasteiger partial charge on any atom is -0.505 e. The number of aromatic nitrogens is 1. The van der Waals surface area contributed by atoms with Gasteiger partial charge in [0, 0.05) is 53.6 Å². The minimum absolute atomic E-state index is 0.265. The van der Waals surface area contributed by atoms with Crippen LogP contribution in [0.3, 0.4) is 0 Å². The number of hydrogen-bond donors (Lipinski definition) is 2. The smallest absolute Gasteiger partial charge is 0.168 e. The summed E-state index contributed by atoms with van der Waals surface area (Å²) in [5.41, 5.74) is 2.08. The molecule has 3 rings (SSSR count). The summed E-state index contributed by atoms with van der Waals surface area (Å²) in [5, 5.41) is 15.0. The van der Waals surface area contributed by atoms with Crippen molar-refractivity contribution in [1.29, 1.82) is 0 Å². The Kier molecular flexibility index (Phi) is 7.23. The summed E-state index contributed by atoms with van der Waals surface area (Å²) in [6, 6.07) is 9.41. The first-order chi connectivity index (χ1) is 14.0. The van der Waals surface area contributed by atoms with Crippen molar-refractivity contribution in [3.8, 4) is 5.75 Å². The van der Waals surface area contributed by atoms with Crippen LogP contribution in [-0.2, 0) is 6.54 Å². The molecule has 2 aromatic carbocycles. The summed E-state index contributed by atoms with van der Waals surface area (Å²) >= 11 is 6.03. The number of nitrogens with zero attached hydrogens (tertiary/aromatic N) is 2. The van der Waals surface area contributed by atoms with Crippen LogP contribution in [0.4, 0.5) is 14.5 Å². The molecule has 154 valence electrons.